The van der Waals surface area contributed by atoms with Crippen LogP contribution in [0.2, 0.25) is 0 Å². The minimum atomic E-state index is -4.98. The first-order valence-electron chi connectivity index (χ1n) is 6.85. The zero-order valence-electron chi connectivity index (χ0n) is 11.7. The average molecular weight is 327 g/mol. The molecule has 1 aliphatic rings. The van der Waals surface area contributed by atoms with E-state index in [-0.39, 0.29) is 0 Å². The van der Waals surface area contributed by atoms with Crippen LogP contribution in [0.3, 0.4) is 0 Å². The first kappa shape index (κ1) is 15.3. The summed E-state index contributed by atoms with van der Waals surface area (Å²) in [6.07, 6.45) is -1.50. The number of carboxylic acid groups (broad SMARTS) is 1. The Morgan fingerprint density at radius 2 is 2.13 bits per heavy atom. The highest BCUT2D eigenvalue weighted by Crippen LogP contribution is 2.33. The molecule has 1 aliphatic carbocycles. The summed E-state index contributed by atoms with van der Waals surface area (Å²) in [6, 6.07) is 3.47. The Labute approximate surface area is 128 Å². The van der Waals surface area contributed by atoms with E-state index in [0.29, 0.717) is 23.9 Å². The summed E-state index contributed by atoms with van der Waals surface area (Å²) in [6.45, 7) is 0.630. The Kier molecular flexibility index (Phi) is 3.70. The summed E-state index contributed by atoms with van der Waals surface area (Å²) >= 11 is 0. The van der Waals surface area contributed by atoms with Gasteiger partial charge in [0, 0.05) is 12.1 Å². The van der Waals surface area contributed by atoms with Gasteiger partial charge < -0.3 is 9.84 Å². The van der Waals surface area contributed by atoms with Gasteiger partial charge in [-0.15, -0.1) is 13.2 Å². The molecule has 0 saturated heterocycles. The largest absolute Gasteiger partial charge is 0.573 e. The van der Waals surface area contributed by atoms with Crippen molar-refractivity contribution >= 4 is 5.97 Å². The van der Waals surface area contributed by atoms with Gasteiger partial charge in [0.2, 0.25) is 0 Å². The van der Waals surface area contributed by atoms with Gasteiger partial charge in [0.05, 0.1) is 0 Å². The van der Waals surface area contributed by atoms with E-state index in [0.717, 1.165) is 25.0 Å². The SMILES string of the molecule is O=C(O)c1ccc(-c2ncnn2CC2CC2)cc1OC(F)(F)F. The molecular formula is C14H12F3N3O3. The summed E-state index contributed by atoms with van der Waals surface area (Å²) in [7, 11) is 0. The standard InChI is InChI=1S/C14H12F3N3O3/c15-14(16,17)23-11-5-9(3-4-10(11)13(21)22)12-18-7-19-20(12)6-8-1-2-8/h3-5,7-8H,1-2,6H2,(H,21,22). The number of ether oxygens (including phenoxy) is 1. The van der Waals surface area contributed by atoms with Crippen molar-refractivity contribution < 1.29 is 27.8 Å². The van der Waals surface area contributed by atoms with Crippen LogP contribution in [0.25, 0.3) is 11.4 Å². The molecule has 1 aromatic carbocycles. The van der Waals surface area contributed by atoms with Crippen molar-refractivity contribution in [1.29, 1.82) is 0 Å². The highest BCUT2D eigenvalue weighted by molar-refractivity contribution is 5.91. The lowest BCUT2D eigenvalue weighted by atomic mass is 10.1. The van der Waals surface area contributed by atoms with Gasteiger partial charge in [0.15, 0.2) is 5.82 Å². The molecule has 1 aromatic heterocycles. The monoisotopic (exact) mass is 327 g/mol. The number of hydrogen-bond acceptors (Lipinski definition) is 4. The molecule has 1 fully saturated rings. The van der Waals surface area contributed by atoms with Gasteiger partial charge in [0.1, 0.15) is 17.6 Å². The van der Waals surface area contributed by atoms with E-state index in [1.807, 2.05) is 0 Å². The number of aromatic nitrogens is 3. The zero-order chi connectivity index (χ0) is 16.6. The normalized spacial score (nSPS) is 14.7. The highest BCUT2D eigenvalue weighted by Gasteiger charge is 2.33. The van der Waals surface area contributed by atoms with E-state index in [4.69, 9.17) is 5.11 Å². The summed E-state index contributed by atoms with van der Waals surface area (Å²) in [5.74, 6) is -1.40. The van der Waals surface area contributed by atoms with Crippen LogP contribution in [0, 0.1) is 5.92 Å². The molecule has 0 spiro atoms. The number of carboxylic acids is 1. The fraction of sp³-hybridized carbons (Fsp3) is 0.357. The van der Waals surface area contributed by atoms with Gasteiger partial charge in [-0.1, -0.05) is 6.07 Å². The maximum Gasteiger partial charge on any atom is 0.573 e. The third kappa shape index (κ3) is 3.61. The van der Waals surface area contributed by atoms with Crippen LogP contribution in [0.5, 0.6) is 5.75 Å². The molecule has 1 heterocycles. The van der Waals surface area contributed by atoms with Gasteiger partial charge in [-0.3, -0.25) is 0 Å². The van der Waals surface area contributed by atoms with E-state index in [1.165, 1.54) is 12.4 Å². The molecule has 1 N–H and O–H groups in total. The second-order valence-electron chi connectivity index (χ2n) is 5.27. The van der Waals surface area contributed by atoms with Crippen molar-refractivity contribution in [1.82, 2.24) is 14.8 Å². The van der Waals surface area contributed by atoms with E-state index in [2.05, 4.69) is 14.8 Å². The van der Waals surface area contributed by atoms with Gasteiger partial charge in [-0.25, -0.2) is 14.5 Å². The lowest BCUT2D eigenvalue weighted by Crippen LogP contribution is -2.19. The van der Waals surface area contributed by atoms with Crippen molar-refractivity contribution in [3.05, 3.63) is 30.1 Å². The van der Waals surface area contributed by atoms with Crippen LogP contribution in [-0.2, 0) is 6.54 Å². The van der Waals surface area contributed by atoms with E-state index < -0.39 is 23.6 Å². The van der Waals surface area contributed by atoms with Gasteiger partial charge in [-0.2, -0.15) is 5.10 Å². The van der Waals surface area contributed by atoms with Gasteiger partial charge in [0.25, 0.3) is 0 Å². The van der Waals surface area contributed by atoms with Crippen LogP contribution in [-0.4, -0.2) is 32.2 Å². The number of halogens is 3. The van der Waals surface area contributed by atoms with E-state index in [1.54, 1.807) is 4.68 Å². The van der Waals surface area contributed by atoms with E-state index in [9.17, 15) is 18.0 Å². The Hall–Kier alpha value is -2.58. The smallest absolute Gasteiger partial charge is 0.478 e. The molecule has 0 radical (unpaired) electrons. The number of nitrogens with zero attached hydrogens (tertiary/aromatic N) is 3. The Balaban J connectivity index is 1.98. The van der Waals surface area contributed by atoms with Crippen molar-refractivity contribution in [2.75, 3.05) is 0 Å². The summed E-state index contributed by atoms with van der Waals surface area (Å²) in [5, 5.41) is 13.0. The maximum atomic E-state index is 12.5. The fourth-order valence-corrected chi connectivity index (χ4v) is 2.21. The Morgan fingerprint density at radius 3 is 2.74 bits per heavy atom. The third-order valence-corrected chi connectivity index (χ3v) is 3.44. The molecule has 9 heteroatoms. The lowest BCUT2D eigenvalue weighted by molar-refractivity contribution is -0.274. The maximum absolute atomic E-state index is 12.5. The van der Waals surface area contributed by atoms with Crippen molar-refractivity contribution in [3.8, 4) is 17.1 Å². The molecule has 1 saturated carbocycles. The molecule has 3 rings (SSSR count). The summed E-state index contributed by atoms with van der Waals surface area (Å²) < 4.78 is 42.8. The molecule has 23 heavy (non-hydrogen) atoms. The topological polar surface area (TPSA) is 77.2 Å². The third-order valence-electron chi connectivity index (χ3n) is 3.44. The second-order valence-corrected chi connectivity index (χ2v) is 5.27. The number of alkyl halides is 3. The second kappa shape index (κ2) is 5.56. The molecule has 0 unspecified atom stereocenters. The van der Waals surface area contributed by atoms with Crippen LogP contribution in [0.15, 0.2) is 24.5 Å². The minimum Gasteiger partial charge on any atom is -0.478 e. The number of aromatic carboxylic acids is 1. The quantitative estimate of drug-likeness (QED) is 0.913. The number of benzene rings is 1. The lowest BCUT2D eigenvalue weighted by Gasteiger charge is -2.13. The van der Waals surface area contributed by atoms with Crippen molar-refractivity contribution in [2.24, 2.45) is 5.92 Å². The summed E-state index contributed by atoms with van der Waals surface area (Å²) in [4.78, 5) is 15.1. The van der Waals surface area contributed by atoms with Crippen molar-refractivity contribution in [2.45, 2.75) is 25.7 Å². The Morgan fingerprint density at radius 1 is 1.39 bits per heavy atom. The minimum absolute atomic E-state index is 0.312. The number of hydrogen-bond donors (Lipinski definition) is 1. The van der Waals surface area contributed by atoms with Gasteiger partial charge >= 0.3 is 12.3 Å². The first-order valence-corrected chi connectivity index (χ1v) is 6.85. The molecule has 0 amide bonds. The van der Waals surface area contributed by atoms with Crippen LogP contribution in [0.4, 0.5) is 13.2 Å². The molecule has 0 atom stereocenters. The molecule has 122 valence electrons. The fourth-order valence-electron chi connectivity index (χ4n) is 2.21. The zero-order valence-corrected chi connectivity index (χ0v) is 11.7. The number of rotatable bonds is 5. The molecule has 0 bridgehead atoms. The van der Waals surface area contributed by atoms with Crippen LogP contribution >= 0.6 is 0 Å². The molecule has 0 aliphatic heterocycles. The van der Waals surface area contributed by atoms with Crippen LogP contribution in [0.1, 0.15) is 23.2 Å². The molecule has 6 nitrogen and oxygen atoms in total. The molecule has 2 aromatic rings. The number of carbonyl (C=O) groups is 1. The van der Waals surface area contributed by atoms with E-state index >= 15 is 0 Å². The van der Waals surface area contributed by atoms with Crippen molar-refractivity contribution in [3.63, 3.8) is 0 Å². The summed E-state index contributed by atoms with van der Waals surface area (Å²) in [5.41, 5.74) is -0.258. The predicted octanol–water partition coefficient (Wildman–Crippen LogP) is 2.95. The molecular weight excluding hydrogens is 315 g/mol. The average Bonchev–Trinajstić information content (AvgIpc) is 3.12. The van der Waals surface area contributed by atoms with Crippen LogP contribution < -0.4 is 4.74 Å². The highest BCUT2D eigenvalue weighted by atomic mass is 19.4. The first-order chi connectivity index (χ1) is 10.8. The van der Waals surface area contributed by atoms with Gasteiger partial charge in [-0.05, 0) is 30.9 Å². The predicted molar refractivity (Wildman–Crippen MR) is 71.8 cm³/mol. The Bertz CT molecular complexity index is 738.